The molecule has 7 nitrogen and oxygen atoms in total. The van der Waals surface area contributed by atoms with E-state index in [1.807, 2.05) is 12.1 Å². The first-order chi connectivity index (χ1) is 11.2. The molecule has 1 fully saturated rings. The number of nitrogens with two attached hydrogens (primary N) is 1. The Labute approximate surface area is 141 Å². The molecule has 0 aliphatic heterocycles. The highest BCUT2D eigenvalue weighted by atomic mass is 16.6. The molecular weight excluding hydrogens is 312 g/mol. The van der Waals surface area contributed by atoms with Gasteiger partial charge in [-0.3, -0.25) is 0 Å². The van der Waals surface area contributed by atoms with Crippen LogP contribution < -0.4 is 15.8 Å². The van der Waals surface area contributed by atoms with Gasteiger partial charge in [0.05, 0.1) is 5.69 Å². The van der Waals surface area contributed by atoms with Gasteiger partial charge in [0.25, 0.3) is 0 Å². The number of amides is 1. The van der Waals surface area contributed by atoms with Crippen LogP contribution in [0.4, 0.5) is 10.5 Å². The van der Waals surface area contributed by atoms with Crippen molar-refractivity contribution in [1.29, 1.82) is 0 Å². The Balaban J connectivity index is 1.97. The summed E-state index contributed by atoms with van der Waals surface area (Å²) in [4.78, 5) is 23.0. The number of alkyl carbamates (subject to hydrolysis) is 1. The van der Waals surface area contributed by atoms with E-state index >= 15 is 0 Å². The van der Waals surface area contributed by atoms with E-state index in [2.05, 4.69) is 5.32 Å². The van der Waals surface area contributed by atoms with Crippen LogP contribution >= 0.6 is 0 Å². The van der Waals surface area contributed by atoms with E-state index in [1.165, 1.54) is 0 Å². The number of anilines is 1. The van der Waals surface area contributed by atoms with Gasteiger partial charge in [0, 0.05) is 0 Å². The number of nitrogens with one attached hydrogen (secondary N) is 1. The molecule has 0 bridgehead atoms. The Morgan fingerprint density at radius 2 is 2.04 bits per heavy atom. The maximum absolute atomic E-state index is 11.7. The summed E-state index contributed by atoms with van der Waals surface area (Å²) >= 11 is 0. The number of ether oxygens (including phenoxy) is 2. The second-order valence-corrected chi connectivity index (χ2v) is 6.92. The van der Waals surface area contributed by atoms with Crippen molar-refractivity contribution in [2.75, 3.05) is 12.3 Å². The lowest BCUT2D eigenvalue weighted by Gasteiger charge is -2.22. The highest BCUT2D eigenvalue weighted by Crippen LogP contribution is 2.42. The molecule has 1 aromatic carbocycles. The molecule has 0 radical (unpaired) electrons. The summed E-state index contributed by atoms with van der Waals surface area (Å²) < 4.78 is 10.6. The molecule has 7 heteroatoms. The van der Waals surface area contributed by atoms with Gasteiger partial charge in [-0.05, 0) is 57.2 Å². The topological polar surface area (TPSA) is 111 Å². The summed E-state index contributed by atoms with van der Waals surface area (Å²) in [6, 6.07) is 4.30. The van der Waals surface area contributed by atoms with E-state index < -0.39 is 23.7 Å². The van der Waals surface area contributed by atoms with E-state index in [-0.39, 0.29) is 6.61 Å². The molecule has 24 heavy (non-hydrogen) atoms. The van der Waals surface area contributed by atoms with Crippen molar-refractivity contribution >= 4 is 17.7 Å². The molecule has 1 amide bonds. The van der Waals surface area contributed by atoms with Crippen LogP contribution in [0.2, 0.25) is 0 Å². The van der Waals surface area contributed by atoms with E-state index in [1.54, 1.807) is 26.8 Å². The van der Waals surface area contributed by atoms with Crippen molar-refractivity contribution < 1.29 is 24.2 Å². The maximum atomic E-state index is 11.7. The first-order valence-electron chi connectivity index (χ1n) is 7.90. The van der Waals surface area contributed by atoms with Crippen LogP contribution in [0, 0.1) is 0 Å². The van der Waals surface area contributed by atoms with Gasteiger partial charge in [-0.15, -0.1) is 0 Å². The lowest BCUT2D eigenvalue weighted by molar-refractivity contribution is -0.140. The molecule has 0 heterocycles. The van der Waals surface area contributed by atoms with Crippen LogP contribution in [0.15, 0.2) is 18.2 Å². The van der Waals surface area contributed by atoms with Crippen molar-refractivity contribution in [3.05, 3.63) is 23.8 Å². The number of hydrogen-bond acceptors (Lipinski definition) is 5. The predicted octanol–water partition coefficient (Wildman–Crippen LogP) is 2.50. The largest absolute Gasteiger partial charge is 0.489 e. The van der Waals surface area contributed by atoms with Gasteiger partial charge in [-0.25, -0.2) is 9.59 Å². The lowest BCUT2D eigenvalue weighted by atomic mass is 10.1. The fraction of sp³-hybridized carbons (Fsp3) is 0.529. The summed E-state index contributed by atoms with van der Waals surface area (Å²) in [7, 11) is 0. The normalized spacial score (nSPS) is 15.5. The summed E-state index contributed by atoms with van der Waals surface area (Å²) in [6.07, 6.45) is 1.47. The molecule has 1 aromatic rings. The third kappa shape index (κ3) is 5.33. The van der Waals surface area contributed by atoms with Gasteiger partial charge in [-0.2, -0.15) is 0 Å². The molecule has 0 saturated heterocycles. The van der Waals surface area contributed by atoms with Crippen LogP contribution in [-0.4, -0.2) is 35.4 Å². The zero-order chi connectivity index (χ0) is 17.9. The Morgan fingerprint density at radius 1 is 1.38 bits per heavy atom. The second-order valence-electron chi connectivity index (χ2n) is 6.92. The summed E-state index contributed by atoms with van der Waals surface area (Å²) in [5.74, 6) is -0.252. The Hall–Kier alpha value is -2.44. The molecule has 0 unspecified atom stereocenters. The minimum atomic E-state index is -1.23. The van der Waals surface area contributed by atoms with Gasteiger partial charge in [-0.1, -0.05) is 6.07 Å². The van der Waals surface area contributed by atoms with Gasteiger partial charge < -0.3 is 25.6 Å². The Morgan fingerprint density at radius 3 is 2.58 bits per heavy atom. The molecule has 1 saturated carbocycles. The smallest absolute Gasteiger partial charge is 0.408 e. The van der Waals surface area contributed by atoms with E-state index in [4.69, 9.17) is 15.2 Å². The van der Waals surface area contributed by atoms with E-state index in [0.29, 0.717) is 17.4 Å². The van der Waals surface area contributed by atoms with Crippen LogP contribution in [0.1, 0.15) is 45.1 Å². The first kappa shape index (κ1) is 17.9. The predicted molar refractivity (Wildman–Crippen MR) is 89.1 cm³/mol. The fourth-order valence-corrected chi connectivity index (χ4v) is 2.14. The maximum Gasteiger partial charge on any atom is 0.408 e. The Kier molecular flexibility index (Phi) is 5.21. The van der Waals surface area contributed by atoms with Crippen LogP contribution in [0.25, 0.3) is 0 Å². The zero-order valence-electron chi connectivity index (χ0n) is 14.2. The van der Waals surface area contributed by atoms with Crippen molar-refractivity contribution in [2.45, 2.75) is 51.2 Å². The highest BCUT2D eigenvalue weighted by molar-refractivity contribution is 5.80. The second kappa shape index (κ2) is 6.98. The number of aliphatic carboxylic acids is 1. The number of carbonyl (C=O) groups excluding carboxylic acids is 1. The van der Waals surface area contributed by atoms with Gasteiger partial charge in [0.15, 0.2) is 6.04 Å². The number of benzene rings is 1. The quantitative estimate of drug-likeness (QED) is 0.688. The molecule has 2 rings (SSSR count). The van der Waals surface area contributed by atoms with Crippen LogP contribution in [0.5, 0.6) is 5.75 Å². The number of hydrogen-bond donors (Lipinski definition) is 3. The number of nitrogen functional groups attached to an aromatic ring is 1. The minimum Gasteiger partial charge on any atom is -0.489 e. The molecular formula is C17H24N2O5. The van der Waals surface area contributed by atoms with Gasteiger partial charge in [0.1, 0.15) is 18.0 Å². The third-order valence-corrected chi connectivity index (χ3v) is 3.48. The van der Waals surface area contributed by atoms with Gasteiger partial charge in [0.2, 0.25) is 0 Å². The van der Waals surface area contributed by atoms with Crippen LogP contribution in [0.3, 0.4) is 0 Å². The van der Waals surface area contributed by atoms with Crippen molar-refractivity contribution in [2.24, 2.45) is 0 Å². The number of carbonyl (C=O) groups is 2. The average Bonchev–Trinajstić information content (AvgIpc) is 3.27. The monoisotopic (exact) mass is 336 g/mol. The molecule has 1 atom stereocenters. The third-order valence-electron chi connectivity index (χ3n) is 3.48. The van der Waals surface area contributed by atoms with Crippen molar-refractivity contribution in [3.8, 4) is 5.75 Å². The van der Waals surface area contributed by atoms with E-state index in [0.717, 1.165) is 18.4 Å². The van der Waals surface area contributed by atoms with E-state index in [9.17, 15) is 14.7 Å². The van der Waals surface area contributed by atoms with Crippen molar-refractivity contribution in [3.63, 3.8) is 0 Å². The van der Waals surface area contributed by atoms with Gasteiger partial charge >= 0.3 is 12.1 Å². The fourth-order valence-electron chi connectivity index (χ4n) is 2.14. The number of carboxylic acids is 1. The van der Waals surface area contributed by atoms with Crippen molar-refractivity contribution in [1.82, 2.24) is 5.32 Å². The number of carboxylic acid groups (broad SMARTS) is 1. The first-order valence-corrected chi connectivity index (χ1v) is 7.90. The molecule has 4 N–H and O–H groups in total. The average molecular weight is 336 g/mol. The molecule has 0 aromatic heterocycles. The molecule has 0 spiro atoms. The minimum absolute atomic E-state index is 0.243. The van der Waals surface area contributed by atoms with Crippen LogP contribution in [-0.2, 0) is 9.53 Å². The Bertz CT molecular complexity index is 620. The summed E-state index contributed by atoms with van der Waals surface area (Å²) in [6.45, 7) is 4.85. The summed E-state index contributed by atoms with van der Waals surface area (Å²) in [5, 5.41) is 11.5. The number of rotatable bonds is 6. The SMILES string of the molecule is CC(C)(C)OC(=O)N[C@@H](COc1cc(C2CC2)ccc1N)C(=O)O. The standard InChI is InChI=1S/C17H24N2O5/c1-17(2,3)24-16(22)19-13(15(20)21)9-23-14-8-11(10-4-5-10)6-7-12(14)18/h6-8,10,13H,4-5,9,18H2,1-3H3,(H,19,22)(H,20,21)/t13-/m0/s1. The lowest BCUT2D eigenvalue weighted by Crippen LogP contribution is -2.46. The molecule has 1 aliphatic carbocycles. The molecule has 132 valence electrons. The summed E-state index contributed by atoms with van der Waals surface area (Å²) in [5.41, 5.74) is 6.72. The molecule has 1 aliphatic rings. The zero-order valence-corrected chi connectivity index (χ0v) is 14.2. The highest BCUT2D eigenvalue weighted by Gasteiger charge is 2.26.